The van der Waals surface area contributed by atoms with Gasteiger partial charge in [0.05, 0.1) is 12.8 Å². The molecule has 226 valence electrons. The third kappa shape index (κ3) is 10.0. The standard InChI is InChI=1S/C16H19ClFNO.C8H7ClFNO.C7H10.2Ar/c1-9-10-5-6-11(7-10)16(9)12-3-2-4-14(17)13(12)8-15(20)19-18;9-7-4-2-1-3-6(7)5-8(12)11-10;1-2-7-4-3-6(1)5-7;;/h2-4,9-11,16H,5-8H2,1H3,(H,19,20);1-4H,5H2,(H,11,12);1-2,6-7H,3-5H2;;. The molecule has 6 atom stereocenters. The second-order valence-electron chi connectivity index (χ2n) is 11.2. The second-order valence-corrected chi connectivity index (χ2v) is 12.0. The van der Waals surface area contributed by atoms with Gasteiger partial charge in [-0.15, -0.1) is 8.96 Å². The zero-order valence-electron chi connectivity index (χ0n) is 22.9. The summed E-state index contributed by atoms with van der Waals surface area (Å²) in [6, 6.07) is 12.6. The fraction of sp³-hybridized carbons (Fsp3) is 0.484. The minimum Gasteiger partial charge on any atom is -0.272 e. The molecule has 4 aliphatic carbocycles. The van der Waals surface area contributed by atoms with Gasteiger partial charge in [-0.05, 0) is 103 Å². The van der Waals surface area contributed by atoms with Gasteiger partial charge in [0.2, 0.25) is 0 Å². The molecule has 0 radical (unpaired) electrons. The Morgan fingerprint density at radius 3 is 1.88 bits per heavy atom. The first-order valence-electron chi connectivity index (χ1n) is 13.8. The summed E-state index contributed by atoms with van der Waals surface area (Å²) in [7, 11) is 0. The maximum atomic E-state index is 12.3. The minimum atomic E-state index is -0.692. The van der Waals surface area contributed by atoms with Crippen molar-refractivity contribution in [2.24, 2.45) is 29.6 Å². The van der Waals surface area contributed by atoms with Gasteiger partial charge < -0.3 is 0 Å². The number of hydrogen-bond acceptors (Lipinski definition) is 2. The van der Waals surface area contributed by atoms with Gasteiger partial charge in [-0.1, -0.05) is 72.6 Å². The van der Waals surface area contributed by atoms with Crippen LogP contribution < -0.4 is 11.1 Å². The van der Waals surface area contributed by atoms with Gasteiger partial charge in [-0.2, -0.15) is 11.1 Å². The van der Waals surface area contributed by atoms with E-state index in [-0.39, 0.29) is 88.3 Å². The summed E-state index contributed by atoms with van der Waals surface area (Å²) >= 11 is 12.0. The first-order valence-corrected chi connectivity index (χ1v) is 14.5. The number of halogens is 4. The van der Waals surface area contributed by atoms with Crippen molar-refractivity contribution < 1.29 is 94.0 Å². The summed E-state index contributed by atoms with van der Waals surface area (Å²) in [6.07, 6.45) is 13.0. The molecule has 0 saturated heterocycles. The van der Waals surface area contributed by atoms with Crippen LogP contribution in [0, 0.1) is 105 Å². The van der Waals surface area contributed by atoms with E-state index in [1.165, 1.54) is 44.1 Å². The van der Waals surface area contributed by atoms with Crippen LogP contribution in [-0.4, -0.2) is 11.8 Å². The molecule has 2 N–H and O–H groups in total. The van der Waals surface area contributed by atoms with Crippen molar-refractivity contribution in [3.63, 3.8) is 0 Å². The average molecular weight is 657 g/mol. The maximum absolute atomic E-state index is 12.3. The van der Waals surface area contributed by atoms with Crippen molar-refractivity contribution in [3.8, 4) is 0 Å². The van der Waals surface area contributed by atoms with Crippen LogP contribution in [0.1, 0.15) is 68.1 Å². The normalized spacial score (nSPS) is 26.0. The molecule has 0 spiro atoms. The van der Waals surface area contributed by atoms with Gasteiger partial charge in [0, 0.05) is 85.5 Å². The predicted octanol–water partition coefficient (Wildman–Crippen LogP) is 7.89. The Labute approximate surface area is 311 Å². The molecule has 41 heavy (non-hydrogen) atoms. The molecule has 2 aromatic carbocycles. The van der Waals surface area contributed by atoms with Crippen molar-refractivity contribution in [3.05, 3.63) is 81.4 Å². The Balaban J connectivity index is 0.000000238. The molecule has 0 aliphatic heterocycles. The van der Waals surface area contributed by atoms with Gasteiger partial charge in [-0.25, -0.2) is 0 Å². The smallest absolute Gasteiger partial charge is 0.252 e. The molecule has 0 aromatic heterocycles. The molecular weight excluding hydrogens is 621 g/mol. The first-order chi connectivity index (χ1) is 18.8. The Hall–Kier alpha value is 0.0795. The number of nitrogens with one attached hydrogen (secondary N) is 2. The van der Waals surface area contributed by atoms with Crippen LogP contribution in [0.25, 0.3) is 0 Å². The van der Waals surface area contributed by atoms with Crippen molar-refractivity contribution in [1.29, 1.82) is 0 Å². The van der Waals surface area contributed by atoms with E-state index in [2.05, 4.69) is 25.1 Å². The van der Waals surface area contributed by atoms with E-state index in [1.807, 2.05) is 6.07 Å². The number of hydrogen-bond donors (Lipinski definition) is 2. The maximum Gasteiger partial charge on any atom is 0.252 e. The number of allylic oxidation sites excluding steroid dienone is 2. The summed E-state index contributed by atoms with van der Waals surface area (Å²) in [6.45, 7) is 2.30. The van der Waals surface area contributed by atoms with Crippen LogP contribution in [0.4, 0.5) is 8.96 Å². The van der Waals surface area contributed by atoms with E-state index in [0.717, 1.165) is 34.4 Å². The van der Waals surface area contributed by atoms with E-state index in [9.17, 15) is 18.6 Å². The molecule has 6 unspecified atom stereocenters. The Morgan fingerprint density at radius 1 is 0.780 bits per heavy atom. The third-order valence-corrected chi connectivity index (χ3v) is 9.59. The Bertz CT molecular complexity index is 1190. The molecule has 2 amide bonds. The molecule has 0 heterocycles. The van der Waals surface area contributed by atoms with Crippen LogP contribution in [-0.2, 0) is 22.4 Å². The first kappa shape index (κ1) is 37.3. The second kappa shape index (κ2) is 18.1. The monoisotopic (exact) mass is 656 g/mol. The third-order valence-electron chi connectivity index (χ3n) is 8.87. The van der Waals surface area contributed by atoms with Crippen LogP contribution in [0.15, 0.2) is 54.6 Å². The quantitative estimate of drug-likeness (QED) is 0.254. The summed E-state index contributed by atoms with van der Waals surface area (Å²) in [5.41, 5.74) is 4.82. The van der Waals surface area contributed by atoms with E-state index >= 15 is 0 Å². The van der Waals surface area contributed by atoms with Crippen LogP contribution >= 0.6 is 23.2 Å². The Kier molecular flexibility index (Phi) is 16.5. The van der Waals surface area contributed by atoms with Crippen molar-refractivity contribution in [2.45, 2.75) is 64.2 Å². The molecule has 4 aliphatic rings. The summed E-state index contributed by atoms with van der Waals surface area (Å²) in [4.78, 5) is 22.0. The number of carbonyl (C=O) groups excluding carboxylic acids is 2. The molecule has 6 rings (SSSR count). The van der Waals surface area contributed by atoms with Gasteiger partial charge >= 0.3 is 0 Å². The molecule has 3 saturated carbocycles. The van der Waals surface area contributed by atoms with Crippen LogP contribution in [0.2, 0.25) is 10.0 Å². The van der Waals surface area contributed by atoms with Gasteiger partial charge in [0.15, 0.2) is 0 Å². The largest absolute Gasteiger partial charge is 0.272 e. The number of benzene rings is 2. The number of amides is 2. The number of fused-ring (bicyclic) bond motifs is 4. The molecular formula is C31H36Ar2Cl2F2N2O2. The van der Waals surface area contributed by atoms with E-state index in [0.29, 0.717) is 33.4 Å². The summed E-state index contributed by atoms with van der Waals surface area (Å²) < 4.78 is 23.9. The Morgan fingerprint density at radius 2 is 1.37 bits per heavy atom. The summed E-state index contributed by atoms with van der Waals surface area (Å²) in [5, 5.41) is 1.04. The SMILES string of the molecule is C1=CC2CCC1C2.CC1C2CCC(C2)C1c1cccc(Cl)c1CC(=O)NF.O=C(Cc1ccccc1Cl)NF.[Ar].[Ar]. The molecule has 3 fully saturated rings. The van der Waals surface area contributed by atoms with Gasteiger partial charge in [0.25, 0.3) is 11.8 Å². The van der Waals surface area contributed by atoms with E-state index in [1.54, 1.807) is 30.3 Å². The zero-order valence-corrected chi connectivity index (χ0v) is 25.8. The van der Waals surface area contributed by atoms with E-state index in [4.69, 9.17) is 23.2 Å². The molecule has 2 aromatic rings. The van der Waals surface area contributed by atoms with Crippen molar-refractivity contribution in [1.82, 2.24) is 11.1 Å². The zero-order chi connectivity index (χ0) is 27.9. The topological polar surface area (TPSA) is 58.2 Å². The number of carbonyl (C=O) groups is 2. The van der Waals surface area contributed by atoms with Crippen LogP contribution in [0.3, 0.4) is 0 Å². The average Bonchev–Trinajstić information content (AvgIpc) is 3.75. The minimum absolute atomic E-state index is 0. The van der Waals surface area contributed by atoms with Crippen molar-refractivity contribution in [2.75, 3.05) is 0 Å². The fourth-order valence-corrected chi connectivity index (χ4v) is 7.40. The van der Waals surface area contributed by atoms with Crippen LogP contribution in [0.5, 0.6) is 0 Å². The summed E-state index contributed by atoms with van der Waals surface area (Å²) in [5.74, 6) is 3.25. The van der Waals surface area contributed by atoms with Crippen molar-refractivity contribution >= 4 is 35.0 Å². The number of rotatable bonds is 5. The van der Waals surface area contributed by atoms with E-state index < -0.39 is 11.8 Å². The molecule has 4 bridgehead atoms. The van der Waals surface area contributed by atoms with Gasteiger partial charge in [0.1, 0.15) is 0 Å². The molecule has 4 nitrogen and oxygen atoms in total. The van der Waals surface area contributed by atoms with Gasteiger partial charge in [-0.3, -0.25) is 9.59 Å². The fourth-order valence-electron chi connectivity index (χ4n) is 6.95. The molecule has 10 heteroatoms. The predicted molar refractivity (Wildman–Crippen MR) is 152 cm³/mol.